The van der Waals surface area contributed by atoms with Gasteiger partial charge in [-0.15, -0.1) is 0 Å². The topological polar surface area (TPSA) is 122 Å². The van der Waals surface area contributed by atoms with E-state index in [0.29, 0.717) is 30.6 Å². The quantitative estimate of drug-likeness (QED) is 0.342. The van der Waals surface area contributed by atoms with Crippen LogP contribution >= 0.6 is 0 Å². The SMILES string of the molecule is CC(C)(C)OC(=O)NCc1cc(C(=O)O)c(C(=O)O)cc1CCCO[Si](C)(C)C(C)(C)C. The molecular formula is C23H37NO7Si. The zero-order valence-electron chi connectivity index (χ0n) is 20.4. The number of ether oxygens (including phenoxy) is 1. The number of amides is 1. The molecule has 0 aliphatic rings. The number of hydrogen-bond acceptors (Lipinski definition) is 5. The highest BCUT2D eigenvalue weighted by Crippen LogP contribution is 2.36. The Morgan fingerprint density at radius 1 is 0.938 bits per heavy atom. The summed E-state index contributed by atoms with van der Waals surface area (Å²) < 4.78 is 11.4. The van der Waals surface area contributed by atoms with Crippen LogP contribution < -0.4 is 5.32 Å². The number of carboxylic acid groups (broad SMARTS) is 2. The summed E-state index contributed by atoms with van der Waals surface area (Å²) in [5.41, 5.74) is -0.0839. The molecule has 180 valence electrons. The van der Waals surface area contributed by atoms with Gasteiger partial charge in [0.1, 0.15) is 5.60 Å². The molecule has 8 nitrogen and oxygen atoms in total. The summed E-state index contributed by atoms with van der Waals surface area (Å²) in [4.78, 5) is 35.2. The molecule has 1 aromatic rings. The Balaban J connectivity index is 3.07. The van der Waals surface area contributed by atoms with Gasteiger partial charge in [0.05, 0.1) is 11.1 Å². The molecule has 0 saturated carbocycles. The number of carbonyl (C=O) groups excluding carboxylic acids is 1. The van der Waals surface area contributed by atoms with Gasteiger partial charge in [-0.3, -0.25) is 0 Å². The van der Waals surface area contributed by atoms with Gasteiger partial charge in [-0.1, -0.05) is 20.8 Å². The molecule has 0 heterocycles. The zero-order valence-corrected chi connectivity index (χ0v) is 21.4. The summed E-state index contributed by atoms with van der Waals surface area (Å²) in [7, 11) is -1.91. The van der Waals surface area contributed by atoms with E-state index in [1.54, 1.807) is 20.8 Å². The molecule has 0 spiro atoms. The fourth-order valence-corrected chi connectivity index (χ4v) is 3.82. The Hall–Kier alpha value is -2.39. The molecule has 1 rings (SSSR count). The maximum Gasteiger partial charge on any atom is 0.407 e. The van der Waals surface area contributed by atoms with E-state index < -0.39 is 32.0 Å². The summed E-state index contributed by atoms with van der Waals surface area (Å²) in [6, 6.07) is 2.69. The average Bonchev–Trinajstić information content (AvgIpc) is 2.60. The molecule has 1 amide bonds. The van der Waals surface area contributed by atoms with Gasteiger partial charge in [0.15, 0.2) is 8.32 Å². The third-order valence-corrected chi connectivity index (χ3v) is 10.0. The lowest BCUT2D eigenvalue weighted by Gasteiger charge is -2.36. The van der Waals surface area contributed by atoms with Crippen molar-refractivity contribution in [2.75, 3.05) is 6.61 Å². The van der Waals surface area contributed by atoms with Crippen LogP contribution in [0, 0.1) is 0 Å². The summed E-state index contributed by atoms with van der Waals surface area (Å²) >= 11 is 0. The van der Waals surface area contributed by atoms with E-state index in [2.05, 4.69) is 39.2 Å². The molecule has 0 aromatic heterocycles. The minimum atomic E-state index is -1.91. The van der Waals surface area contributed by atoms with E-state index in [1.807, 2.05) is 0 Å². The number of alkyl carbamates (subject to hydrolysis) is 1. The molecule has 9 heteroatoms. The van der Waals surface area contributed by atoms with E-state index >= 15 is 0 Å². The number of hydrogen-bond donors (Lipinski definition) is 3. The first-order chi connectivity index (χ1) is 14.4. The number of carboxylic acids is 2. The highest BCUT2D eigenvalue weighted by atomic mass is 28.4. The van der Waals surface area contributed by atoms with Crippen LogP contribution in [0.2, 0.25) is 18.1 Å². The van der Waals surface area contributed by atoms with Gasteiger partial charge >= 0.3 is 18.0 Å². The summed E-state index contributed by atoms with van der Waals surface area (Å²) in [6.07, 6.45) is 0.487. The second kappa shape index (κ2) is 10.5. The van der Waals surface area contributed by atoms with Crippen molar-refractivity contribution in [1.29, 1.82) is 0 Å². The van der Waals surface area contributed by atoms with Crippen molar-refractivity contribution < 1.29 is 33.8 Å². The Morgan fingerprint density at radius 2 is 1.44 bits per heavy atom. The number of rotatable bonds is 9. The Labute approximate surface area is 191 Å². The van der Waals surface area contributed by atoms with Gasteiger partial charge in [0.25, 0.3) is 0 Å². The number of aromatic carboxylic acids is 2. The molecule has 0 fully saturated rings. The maximum atomic E-state index is 12.0. The first-order valence-electron chi connectivity index (χ1n) is 10.7. The van der Waals surface area contributed by atoms with Crippen molar-refractivity contribution in [1.82, 2.24) is 5.32 Å². The first kappa shape index (κ1) is 27.6. The second-order valence-electron chi connectivity index (χ2n) is 10.3. The van der Waals surface area contributed by atoms with E-state index in [0.717, 1.165) is 0 Å². The highest BCUT2D eigenvalue weighted by molar-refractivity contribution is 6.74. The maximum absolute atomic E-state index is 12.0. The fourth-order valence-electron chi connectivity index (χ4n) is 2.73. The van der Waals surface area contributed by atoms with Crippen LogP contribution in [-0.4, -0.2) is 48.8 Å². The lowest BCUT2D eigenvalue weighted by molar-refractivity contribution is 0.0522. The second-order valence-corrected chi connectivity index (χ2v) is 15.2. The van der Waals surface area contributed by atoms with Gasteiger partial charge in [-0.05, 0) is 75.0 Å². The van der Waals surface area contributed by atoms with Crippen LogP contribution in [0.1, 0.15) is 79.8 Å². The minimum Gasteiger partial charge on any atom is -0.478 e. The molecular weight excluding hydrogens is 430 g/mol. The fraction of sp³-hybridized carbons (Fsp3) is 0.609. The Morgan fingerprint density at radius 3 is 1.88 bits per heavy atom. The van der Waals surface area contributed by atoms with Gasteiger partial charge in [-0.25, -0.2) is 14.4 Å². The molecule has 0 aliphatic carbocycles. The molecule has 0 unspecified atom stereocenters. The number of carbonyl (C=O) groups is 3. The van der Waals surface area contributed by atoms with Crippen molar-refractivity contribution in [3.63, 3.8) is 0 Å². The molecule has 1 aromatic carbocycles. The summed E-state index contributed by atoms with van der Waals surface area (Å²) in [6.45, 7) is 16.5. The predicted molar refractivity (Wildman–Crippen MR) is 125 cm³/mol. The van der Waals surface area contributed by atoms with Gasteiger partial charge in [-0.2, -0.15) is 0 Å². The molecule has 0 atom stereocenters. The monoisotopic (exact) mass is 467 g/mol. The number of nitrogens with one attached hydrogen (secondary N) is 1. The lowest BCUT2D eigenvalue weighted by Crippen LogP contribution is -2.41. The highest BCUT2D eigenvalue weighted by Gasteiger charge is 2.36. The summed E-state index contributed by atoms with van der Waals surface area (Å²) in [5, 5.41) is 21.6. The molecule has 3 N–H and O–H groups in total. The van der Waals surface area contributed by atoms with Crippen molar-refractivity contribution in [2.45, 2.75) is 84.7 Å². The van der Waals surface area contributed by atoms with E-state index in [1.165, 1.54) is 12.1 Å². The molecule has 0 aliphatic heterocycles. The van der Waals surface area contributed by atoms with Crippen LogP contribution in [0.3, 0.4) is 0 Å². The predicted octanol–water partition coefficient (Wildman–Crippen LogP) is 5.06. The number of aryl methyl sites for hydroxylation is 1. The van der Waals surface area contributed by atoms with Gasteiger partial charge in [0, 0.05) is 13.2 Å². The minimum absolute atomic E-state index is 0.0213. The Bertz CT molecular complexity index is 851. The standard InChI is InChI=1S/C23H37NO7Si/c1-22(2,3)31-21(29)24-14-16-13-18(20(27)28)17(19(25)26)12-15(16)10-9-11-30-32(7,8)23(4,5)6/h12-13H,9-11,14H2,1-8H3,(H,24,29)(H,25,26)(H,27,28). The number of benzene rings is 1. The average molecular weight is 468 g/mol. The molecule has 0 saturated heterocycles. The smallest absolute Gasteiger partial charge is 0.407 e. The van der Waals surface area contributed by atoms with E-state index in [9.17, 15) is 24.6 Å². The van der Waals surface area contributed by atoms with Gasteiger partial charge < -0.3 is 24.7 Å². The van der Waals surface area contributed by atoms with Crippen LogP contribution in [0.4, 0.5) is 4.79 Å². The molecule has 32 heavy (non-hydrogen) atoms. The third-order valence-electron chi connectivity index (χ3n) is 5.48. The van der Waals surface area contributed by atoms with Crippen molar-refractivity contribution in [2.24, 2.45) is 0 Å². The van der Waals surface area contributed by atoms with E-state index in [4.69, 9.17) is 9.16 Å². The normalized spacial score (nSPS) is 12.4. The largest absolute Gasteiger partial charge is 0.478 e. The lowest BCUT2D eigenvalue weighted by atomic mass is 9.95. The van der Waals surface area contributed by atoms with E-state index in [-0.39, 0.29) is 22.7 Å². The van der Waals surface area contributed by atoms with Crippen LogP contribution in [-0.2, 0) is 22.1 Å². The van der Waals surface area contributed by atoms with Crippen LogP contribution in [0.5, 0.6) is 0 Å². The van der Waals surface area contributed by atoms with Crippen molar-refractivity contribution in [3.05, 3.63) is 34.4 Å². The zero-order chi connectivity index (χ0) is 24.9. The molecule has 0 radical (unpaired) electrons. The molecule has 0 bridgehead atoms. The van der Waals surface area contributed by atoms with Crippen LogP contribution in [0.25, 0.3) is 0 Å². The van der Waals surface area contributed by atoms with Crippen molar-refractivity contribution in [3.8, 4) is 0 Å². The van der Waals surface area contributed by atoms with Crippen LogP contribution in [0.15, 0.2) is 12.1 Å². The first-order valence-corrected chi connectivity index (χ1v) is 13.6. The van der Waals surface area contributed by atoms with Gasteiger partial charge in [0.2, 0.25) is 0 Å². The van der Waals surface area contributed by atoms with Crippen molar-refractivity contribution >= 4 is 26.3 Å². The third kappa shape index (κ3) is 8.27. The Kier molecular flexibility index (Phi) is 9.05. The summed E-state index contributed by atoms with van der Waals surface area (Å²) in [5.74, 6) is -2.65.